The molecule has 0 aliphatic heterocycles. The molecule has 54 valence electrons. The number of hydrogen-bond acceptors (Lipinski definition) is 2. The molecular weight excluding hydrogens is 116 g/mol. The number of aliphatic hydroxyl groups excluding tert-OH is 2. The van der Waals surface area contributed by atoms with Gasteiger partial charge in [0.15, 0.2) is 0 Å². The largest absolute Gasteiger partial charge is 0.394 e. The Bertz CT molecular complexity index is 93.1. The van der Waals surface area contributed by atoms with E-state index in [1.54, 1.807) is 0 Å². The Morgan fingerprint density at radius 2 is 2.11 bits per heavy atom. The van der Waals surface area contributed by atoms with Gasteiger partial charge in [-0.05, 0) is 20.3 Å². The molecule has 0 bridgehead atoms. The van der Waals surface area contributed by atoms with Gasteiger partial charge in [-0.1, -0.05) is 11.6 Å². The highest BCUT2D eigenvalue weighted by atomic mass is 16.3. The third-order valence-electron chi connectivity index (χ3n) is 1.01. The first-order chi connectivity index (χ1) is 4.16. The Morgan fingerprint density at radius 1 is 1.56 bits per heavy atom. The van der Waals surface area contributed by atoms with Crippen molar-refractivity contribution in [2.75, 3.05) is 6.61 Å². The number of hydrogen-bond donors (Lipinski definition) is 2. The van der Waals surface area contributed by atoms with Crippen LogP contribution in [0.4, 0.5) is 0 Å². The molecule has 1 atom stereocenters. The fourth-order valence-corrected chi connectivity index (χ4v) is 0.446. The number of aliphatic hydroxyl groups is 2. The summed E-state index contributed by atoms with van der Waals surface area (Å²) in [4.78, 5) is 0. The van der Waals surface area contributed by atoms with Crippen molar-refractivity contribution in [2.45, 2.75) is 26.4 Å². The van der Waals surface area contributed by atoms with Gasteiger partial charge in [0.2, 0.25) is 0 Å². The van der Waals surface area contributed by atoms with Gasteiger partial charge in [-0.15, -0.1) is 0 Å². The molecule has 0 saturated heterocycles. The summed E-state index contributed by atoms with van der Waals surface area (Å²) in [6.07, 6.45) is 1.87. The van der Waals surface area contributed by atoms with Crippen LogP contribution < -0.4 is 0 Å². The van der Waals surface area contributed by atoms with Crippen molar-refractivity contribution in [2.24, 2.45) is 0 Å². The molecular formula is C7H14O2. The first-order valence-electron chi connectivity index (χ1n) is 3.09. The van der Waals surface area contributed by atoms with Gasteiger partial charge in [-0.25, -0.2) is 0 Å². The molecule has 0 heterocycles. The molecule has 0 aromatic heterocycles. The lowest BCUT2D eigenvalue weighted by Crippen LogP contribution is -2.09. The van der Waals surface area contributed by atoms with E-state index < -0.39 is 6.10 Å². The minimum absolute atomic E-state index is 0.149. The van der Waals surface area contributed by atoms with Gasteiger partial charge in [0.25, 0.3) is 0 Å². The topological polar surface area (TPSA) is 40.5 Å². The maximum absolute atomic E-state index is 8.81. The monoisotopic (exact) mass is 130 g/mol. The van der Waals surface area contributed by atoms with E-state index in [1.807, 2.05) is 19.9 Å². The fourth-order valence-electron chi connectivity index (χ4n) is 0.446. The molecule has 0 saturated carbocycles. The van der Waals surface area contributed by atoms with Gasteiger partial charge < -0.3 is 10.2 Å². The van der Waals surface area contributed by atoms with E-state index in [2.05, 4.69) is 0 Å². The Kier molecular flexibility index (Phi) is 4.36. The molecule has 1 unspecified atom stereocenters. The van der Waals surface area contributed by atoms with Crippen LogP contribution in [0, 0.1) is 0 Å². The predicted molar refractivity (Wildman–Crippen MR) is 37.1 cm³/mol. The van der Waals surface area contributed by atoms with E-state index in [9.17, 15) is 0 Å². The Morgan fingerprint density at radius 3 is 2.44 bits per heavy atom. The Hall–Kier alpha value is -0.340. The van der Waals surface area contributed by atoms with Crippen molar-refractivity contribution in [1.29, 1.82) is 0 Å². The Balaban J connectivity index is 3.37. The minimum atomic E-state index is -0.583. The lowest BCUT2D eigenvalue weighted by molar-refractivity contribution is 0.0974. The molecule has 9 heavy (non-hydrogen) atoms. The number of rotatable bonds is 3. The lowest BCUT2D eigenvalue weighted by Gasteiger charge is -2.01. The second-order valence-corrected chi connectivity index (χ2v) is 2.35. The Labute approximate surface area is 55.8 Å². The minimum Gasteiger partial charge on any atom is -0.394 e. The van der Waals surface area contributed by atoms with Crippen LogP contribution in [-0.4, -0.2) is 22.9 Å². The molecule has 0 aliphatic carbocycles. The summed E-state index contributed by atoms with van der Waals surface area (Å²) in [5.41, 5.74) is 1.17. The van der Waals surface area contributed by atoms with Crippen LogP contribution in [0.3, 0.4) is 0 Å². The fraction of sp³-hybridized carbons (Fsp3) is 0.714. The summed E-state index contributed by atoms with van der Waals surface area (Å²) in [5, 5.41) is 17.2. The van der Waals surface area contributed by atoms with Gasteiger partial charge in [0.1, 0.15) is 0 Å². The second kappa shape index (κ2) is 4.53. The quantitative estimate of drug-likeness (QED) is 0.552. The van der Waals surface area contributed by atoms with Crippen molar-refractivity contribution < 1.29 is 10.2 Å². The summed E-state index contributed by atoms with van der Waals surface area (Å²) >= 11 is 0. The van der Waals surface area contributed by atoms with Gasteiger partial charge in [-0.2, -0.15) is 0 Å². The first-order valence-corrected chi connectivity index (χ1v) is 3.09. The van der Waals surface area contributed by atoms with E-state index in [4.69, 9.17) is 10.2 Å². The molecule has 0 amide bonds. The van der Waals surface area contributed by atoms with Crippen LogP contribution >= 0.6 is 0 Å². The highest BCUT2D eigenvalue weighted by Gasteiger charge is 1.96. The van der Waals surface area contributed by atoms with Gasteiger partial charge >= 0.3 is 0 Å². The second-order valence-electron chi connectivity index (χ2n) is 2.35. The molecule has 0 aromatic carbocycles. The van der Waals surface area contributed by atoms with Crippen molar-refractivity contribution >= 4 is 0 Å². The van der Waals surface area contributed by atoms with E-state index in [-0.39, 0.29) is 6.61 Å². The molecule has 0 rings (SSSR count). The highest BCUT2D eigenvalue weighted by Crippen LogP contribution is 1.96. The van der Waals surface area contributed by atoms with Crippen LogP contribution in [-0.2, 0) is 0 Å². The third kappa shape index (κ3) is 5.53. The van der Waals surface area contributed by atoms with E-state index >= 15 is 0 Å². The summed E-state index contributed by atoms with van der Waals surface area (Å²) in [6.45, 7) is 3.78. The molecule has 0 aliphatic rings. The van der Waals surface area contributed by atoms with Gasteiger partial charge in [0.05, 0.1) is 12.7 Å². The highest BCUT2D eigenvalue weighted by molar-refractivity contribution is 4.93. The molecule has 0 fully saturated rings. The summed E-state index contributed by atoms with van der Waals surface area (Å²) in [5.74, 6) is 0. The zero-order chi connectivity index (χ0) is 7.28. The predicted octanol–water partition coefficient (Wildman–Crippen LogP) is 0.696. The maximum Gasteiger partial charge on any atom is 0.0805 e. The van der Waals surface area contributed by atoms with Crippen molar-refractivity contribution in [3.05, 3.63) is 11.6 Å². The van der Waals surface area contributed by atoms with E-state index in [0.29, 0.717) is 6.42 Å². The van der Waals surface area contributed by atoms with E-state index in [1.165, 1.54) is 5.57 Å². The zero-order valence-corrected chi connectivity index (χ0v) is 5.96. The van der Waals surface area contributed by atoms with E-state index in [0.717, 1.165) is 0 Å². The molecule has 0 aromatic rings. The average Bonchev–Trinajstić information content (AvgIpc) is 1.83. The summed E-state index contributed by atoms with van der Waals surface area (Å²) in [6, 6.07) is 0. The first kappa shape index (κ1) is 8.66. The van der Waals surface area contributed by atoms with Crippen molar-refractivity contribution in [3.63, 3.8) is 0 Å². The van der Waals surface area contributed by atoms with Crippen LogP contribution in [0.15, 0.2) is 11.6 Å². The maximum atomic E-state index is 8.81. The van der Waals surface area contributed by atoms with Gasteiger partial charge in [-0.3, -0.25) is 0 Å². The lowest BCUT2D eigenvalue weighted by atomic mass is 10.2. The normalized spacial score (nSPS) is 12.9. The van der Waals surface area contributed by atoms with Crippen molar-refractivity contribution in [1.82, 2.24) is 0 Å². The number of allylic oxidation sites excluding steroid dienone is 1. The molecule has 2 N–H and O–H groups in total. The summed E-state index contributed by atoms with van der Waals surface area (Å²) < 4.78 is 0. The zero-order valence-electron chi connectivity index (χ0n) is 5.96. The molecule has 2 heteroatoms. The SMILES string of the molecule is CC(C)=CCC(O)CO. The van der Waals surface area contributed by atoms with Crippen molar-refractivity contribution in [3.8, 4) is 0 Å². The molecule has 0 spiro atoms. The standard InChI is InChI=1S/C7H14O2/c1-6(2)3-4-7(9)5-8/h3,7-9H,4-5H2,1-2H3. The van der Waals surface area contributed by atoms with Crippen LogP contribution in [0.25, 0.3) is 0 Å². The third-order valence-corrected chi connectivity index (χ3v) is 1.01. The average molecular weight is 130 g/mol. The van der Waals surface area contributed by atoms with Crippen LogP contribution in [0.2, 0.25) is 0 Å². The van der Waals surface area contributed by atoms with Crippen LogP contribution in [0.5, 0.6) is 0 Å². The summed E-state index contributed by atoms with van der Waals surface area (Å²) in [7, 11) is 0. The molecule has 2 nitrogen and oxygen atoms in total. The van der Waals surface area contributed by atoms with Gasteiger partial charge in [0, 0.05) is 0 Å². The smallest absolute Gasteiger partial charge is 0.0805 e. The van der Waals surface area contributed by atoms with Crippen LogP contribution in [0.1, 0.15) is 20.3 Å². The molecule has 0 radical (unpaired) electrons.